The third kappa shape index (κ3) is 2.01. The van der Waals surface area contributed by atoms with Crippen molar-refractivity contribution in [2.45, 2.75) is 32.8 Å². The third-order valence-corrected chi connectivity index (χ3v) is 4.31. The molecule has 104 valence electrons. The Morgan fingerprint density at radius 1 is 1.10 bits per heavy atom. The molecule has 0 fully saturated rings. The summed E-state index contributed by atoms with van der Waals surface area (Å²) in [7, 11) is 0. The van der Waals surface area contributed by atoms with Gasteiger partial charge in [0.25, 0.3) is 0 Å². The van der Waals surface area contributed by atoms with E-state index in [-0.39, 0.29) is 0 Å². The van der Waals surface area contributed by atoms with Crippen molar-refractivity contribution in [2.75, 3.05) is 6.61 Å². The highest BCUT2D eigenvalue weighted by atomic mass is 16.5. The molecule has 0 radical (unpaired) electrons. The number of rotatable bonds is 2. The average Bonchev–Trinajstić information content (AvgIpc) is 2.89. The van der Waals surface area contributed by atoms with E-state index < -0.39 is 5.60 Å². The molecule has 3 rings (SSSR count). The zero-order valence-corrected chi connectivity index (χ0v) is 12.2. The van der Waals surface area contributed by atoms with Gasteiger partial charge in [0.1, 0.15) is 11.4 Å². The van der Waals surface area contributed by atoms with E-state index in [1.54, 1.807) is 0 Å². The summed E-state index contributed by atoms with van der Waals surface area (Å²) in [4.78, 5) is 0. The van der Waals surface area contributed by atoms with Crippen LogP contribution in [0.15, 0.2) is 36.4 Å². The lowest BCUT2D eigenvalue weighted by Crippen LogP contribution is -2.23. The van der Waals surface area contributed by atoms with Gasteiger partial charge in [-0.3, -0.25) is 0 Å². The van der Waals surface area contributed by atoms with Gasteiger partial charge in [-0.05, 0) is 43.0 Å². The third-order valence-electron chi connectivity index (χ3n) is 4.31. The molecule has 1 unspecified atom stereocenters. The molecule has 0 saturated carbocycles. The minimum absolute atomic E-state index is 0.704. The number of aryl methyl sites for hydroxylation is 2. The Bertz CT molecular complexity index is 656. The predicted octanol–water partition coefficient (Wildman–Crippen LogP) is 3.49. The summed E-state index contributed by atoms with van der Waals surface area (Å²) in [6.45, 7) is 6.70. The highest BCUT2D eigenvalue weighted by molar-refractivity contribution is 5.51. The molecule has 20 heavy (non-hydrogen) atoms. The molecule has 2 aromatic carbocycles. The fourth-order valence-electron chi connectivity index (χ4n) is 2.80. The van der Waals surface area contributed by atoms with Crippen molar-refractivity contribution in [1.82, 2.24) is 0 Å². The molecular weight excluding hydrogens is 248 g/mol. The maximum absolute atomic E-state index is 11.1. The average molecular weight is 268 g/mol. The van der Waals surface area contributed by atoms with Gasteiger partial charge in [-0.1, -0.05) is 36.4 Å². The van der Waals surface area contributed by atoms with Crippen LogP contribution in [-0.4, -0.2) is 11.7 Å². The second-order valence-corrected chi connectivity index (χ2v) is 5.76. The first-order chi connectivity index (χ1) is 9.50. The van der Waals surface area contributed by atoms with E-state index in [0.717, 1.165) is 23.3 Å². The van der Waals surface area contributed by atoms with Gasteiger partial charge >= 0.3 is 0 Å². The maximum atomic E-state index is 11.1. The Morgan fingerprint density at radius 2 is 1.90 bits per heavy atom. The molecule has 2 heteroatoms. The SMILES string of the molecule is Cc1ccc(C(C)(O)c2cccc3c2OCC3)cc1C. The summed E-state index contributed by atoms with van der Waals surface area (Å²) in [5.74, 6) is 0.857. The highest BCUT2D eigenvalue weighted by Crippen LogP contribution is 2.40. The zero-order valence-electron chi connectivity index (χ0n) is 12.2. The van der Waals surface area contributed by atoms with Crippen molar-refractivity contribution in [1.29, 1.82) is 0 Å². The molecule has 0 spiro atoms. The Labute approximate surface area is 120 Å². The highest BCUT2D eigenvalue weighted by Gasteiger charge is 2.31. The van der Waals surface area contributed by atoms with Crippen molar-refractivity contribution in [3.05, 3.63) is 64.2 Å². The van der Waals surface area contributed by atoms with E-state index in [4.69, 9.17) is 4.74 Å². The summed E-state index contributed by atoms with van der Waals surface area (Å²) in [5.41, 5.74) is 4.34. The lowest BCUT2D eigenvalue weighted by molar-refractivity contribution is 0.0987. The first-order valence-corrected chi connectivity index (χ1v) is 7.05. The second kappa shape index (κ2) is 4.64. The predicted molar refractivity (Wildman–Crippen MR) is 80.2 cm³/mol. The lowest BCUT2D eigenvalue weighted by atomic mass is 9.85. The van der Waals surface area contributed by atoms with Crippen molar-refractivity contribution < 1.29 is 9.84 Å². The minimum Gasteiger partial charge on any atom is -0.493 e. The van der Waals surface area contributed by atoms with Crippen LogP contribution in [0.3, 0.4) is 0 Å². The van der Waals surface area contributed by atoms with Crippen LogP contribution in [-0.2, 0) is 12.0 Å². The fraction of sp³-hybridized carbons (Fsp3) is 0.333. The molecule has 0 saturated heterocycles. The Kier molecular flexibility index (Phi) is 3.06. The van der Waals surface area contributed by atoms with Crippen LogP contribution in [0.1, 0.15) is 34.7 Å². The van der Waals surface area contributed by atoms with E-state index in [9.17, 15) is 5.11 Å². The quantitative estimate of drug-likeness (QED) is 0.903. The number of fused-ring (bicyclic) bond motifs is 1. The molecule has 2 aromatic rings. The fourth-order valence-corrected chi connectivity index (χ4v) is 2.80. The van der Waals surface area contributed by atoms with Crippen LogP contribution in [0, 0.1) is 13.8 Å². The van der Waals surface area contributed by atoms with Gasteiger partial charge in [0, 0.05) is 12.0 Å². The molecule has 0 bridgehead atoms. The van der Waals surface area contributed by atoms with Gasteiger partial charge in [0.05, 0.1) is 6.61 Å². The number of hydrogen-bond donors (Lipinski definition) is 1. The Hall–Kier alpha value is -1.80. The molecule has 0 aliphatic carbocycles. The topological polar surface area (TPSA) is 29.5 Å². The Morgan fingerprint density at radius 3 is 2.65 bits per heavy atom. The normalized spacial score (nSPS) is 16.4. The van der Waals surface area contributed by atoms with Crippen molar-refractivity contribution in [3.63, 3.8) is 0 Å². The molecule has 2 nitrogen and oxygen atoms in total. The molecule has 0 aromatic heterocycles. The van der Waals surface area contributed by atoms with Crippen LogP contribution >= 0.6 is 0 Å². The summed E-state index contributed by atoms with van der Waals surface area (Å²) in [5, 5.41) is 11.1. The monoisotopic (exact) mass is 268 g/mol. The zero-order chi connectivity index (χ0) is 14.3. The van der Waals surface area contributed by atoms with Gasteiger partial charge < -0.3 is 9.84 Å². The number of hydrogen-bond acceptors (Lipinski definition) is 2. The van der Waals surface area contributed by atoms with Crippen molar-refractivity contribution in [2.24, 2.45) is 0 Å². The standard InChI is InChI=1S/C18H20O2/c1-12-7-8-15(11-13(12)2)18(3,19)16-6-4-5-14-9-10-20-17(14)16/h4-8,11,19H,9-10H2,1-3H3. The second-order valence-electron chi connectivity index (χ2n) is 5.76. The number of benzene rings is 2. The summed E-state index contributed by atoms with van der Waals surface area (Å²) >= 11 is 0. The first-order valence-electron chi connectivity index (χ1n) is 7.05. The van der Waals surface area contributed by atoms with Crippen molar-refractivity contribution in [3.8, 4) is 5.75 Å². The summed E-state index contributed by atoms with van der Waals surface area (Å²) < 4.78 is 5.73. The molecule has 1 N–H and O–H groups in total. The van der Waals surface area contributed by atoms with E-state index in [2.05, 4.69) is 32.0 Å². The van der Waals surface area contributed by atoms with Crippen LogP contribution in [0.5, 0.6) is 5.75 Å². The first kappa shape index (κ1) is 13.2. The smallest absolute Gasteiger partial charge is 0.129 e. The van der Waals surface area contributed by atoms with Gasteiger partial charge in [-0.25, -0.2) is 0 Å². The molecular formula is C18H20O2. The number of ether oxygens (including phenoxy) is 1. The summed E-state index contributed by atoms with van der Waals surface area (Å²) in [6, 6.07) is 12.1. The van der Waals surface area contributed by atoms with E-state index in [0.29, 0.717) is 6.61 Å². The van der Waals surface area contributed by atoms with Crippen LogP contribution in [0.25, 0.3) is 0 Å². The van der Waals surface area contributed by atoms with E-state index >= 15 is 0 Å². The van der Waals surface area contributed by atoms with Crippen LogP contribution in [0.4, 0.5) is 0 Å². The molecule has 0 amide bonds. The van der Waals surface area contributed by atoms with Crippen molar-refractivity contribution >= 4 is 0 Å². The van der Waals surface area contributed by atoms with Gasteiger partial charge in [-0.2, -0.15) is 0 Å². The van der Waals surface area contributed by atoms with Crippen LogP contribution in [0.2, 0.25) is 0 Å². The largest absolute Gasteiger partial charge is 0.493 e. The van der Waals surface area contributed by atoms with Gasteiger partial charge in [0.2, 0.25) is 0 Å². The number of para-hydroxylation sites is 1. The molecule has 1 heterocycles. The maximum Gasteiger partial charge on any atom is 0.129 e. The summed E-state index contributed by atoms with van der Waals surface area (Å²) in [6.07, 6.45) is 0.923. The van der Waals surface area contributed by atoms with E-state index in [1.165, 1.54) is 16.7 Å². The molecule has 1 aliphatic heterocycles. The molecule has 1 aliphatic rings. The Balaban J connectivity index is 2.12. The van der Waals surface area contributed by atoms with Gasteiger partial charge in [-0.15, -0.1) is 0 Å². The van der Waals surface area contributed by atoms with E-state index in [1.807, 2.05) is 25.1 Å². The lowest BCUT2D eigenvalue weighted by Gasteiger charge is -2.27. The van der Waals surface area contributed by atoms with Gasteiger partial charge in [0.15, 0.2) is 0 Å². The number of aliphatic hydroxyl groups is 1. The molecule has 1 atom stereocenters. The minimum atomic E-state index is -1.03. The van der Waals surface area contributed by atoms with Crippen LogP contribution < -0.4 is 4.74 Å².